The monoisotopic (exact) mass is 393 g/mol. The number of hydrogen-bond donors (Lipinski definition) is 1. The van der Waals surface area contributed by atoms with Crippen LogP contribution in [0.1, 0.15) is 17.3 Å². The van der Waals surface area contributed by atoms with Crippen molar-refractivity contribution in [1.82, 2.24) is 0 Å². The van der Waals surface area contributed by atoms with E-state index in [1.54, 1.807) is 24.3 Å². The quantitative estimate of drug-likeness (QED) is 0.724. The van der Waals surface area contributed by atoms with Gasteiger partial charge >= 0.3 is 5.97 Å². The average Bonchev–Trinajstić information content (AvgIpc) is 2.67. The zero-order valence-corrected chi connectivity index (χ0v) is 16.1. The predicted octanol–water partition coefficient (Wildman–Crippen LogP) is 3.55. The van der Waals surface area contributed by atoms with Crippen LogP contribution in [0, 0.1) is 0 Å². The highest BCUT2D eigenvalue weighted by atomic mass is 35.5. The van der Waals surface area contributed by atoms with Crippen molar-refractivity contribution < 1.29 is 28.5 Å². The average molecular weight is 394 g/mol. The number of benzene rings is 2. The summed E-state index contributed by atoms with van der Waals surface area (Å²) in [5.41, 5.74) is 0.608. The van der Waals surface area contributed by atoms with Gasteiger partial charge in [-0.25, -0.2) is 4.79 Å². The first-order valence-electron chi connectivity index (χ1n) is 7.97. The van der Waals surface area contributed by atoms with Crippen molar-refractivity contribution in [2.75, 3.05) is 26.6 Å². The molecular formula is C19H20ClNO6. The van der Waals surface area contributed by atoms with Gasteiger partial charge in [0.25, 0.3) is 5.91 Å². The Bertz CT molecular complexity index is 839. The molecule has 7 nitrogen and oxygen atoms in total. The van der Waals surface area contributed by atoms with Gasteiger partial charge in [-0.2, -0.15) is 0 Å². The number of anilines is 1. The second-order valence-corrected chi connectivity index (χ2v) is 5.84. The van der Waals surface area contributed by atoms with E-state index in [1.807, 2.05) is 0 Å². The molecule has 27 heavy (non-hydrogen) atoms. The minimum Gasteiger partial charge on any atom is -0.495 e. The molecule has 144 valence electrons. The Kier molecular flexibility index (Phi) is 6.90. The molecule has 8 heteroatoms. The predicted molar refractivity (Wildman–Crippen MR) is 101 cm³/mol. The molecule has 1 amide bonds. The molecule has 1 unspecified atom stereocenters. The Labute approximate surface area is 162 Å². The van der Waals surface area contributed by atoms with Crippen LogP contribution in [-0.2, 0) is 9.53 Å². The van der Waals surface area contributed by atoms with Crippen LogP contribution in [0.4, 0.5) is 5.69 Å². The molecule has 2 aromatic carbocycles. The summed E-state index contributed by atoms with van der Waals surface area (Å²) in [7, 11) is 4.36. The van der Waals surface area contributed by atoms with E-state index in [2.05, 4.69) is 5.32 Å². The molecule has 0 spiro atoms. The number of halogens is 1. The summed E-state index contributed by atoms with van der Waals surface area (Å²) >= 11 is 6.09. The van der Waals surface area contributed by atoms with Crippen LogP contribution in [0.3, 0.4) is 0 Å². The lowest BCUT2D eigenvalue weighted by Gasteiger charge is -2.16. The minimum absolute atomic E-state index is 0.134. The summed E-state index contributed by atoms with van der Waals surface area (Å²) in [6.45, 7) is 1.46. The van der Waals surface area contributed by atoms with Crippen LogP contribution < -0.4 is 19.5 Å². The molecule has 1 N–H and O–H groups in total. The Morgan fingerprint density at radius 2 is 1.67 bits per heavy atom. The van der Waals surface area contributed by atoms with Crippen molar-refractivity contribution in [2.24, 2.45) is 0 Å². The van der Waals surface area contributed by atoms with Gasteiger partial charge in [0, 0.05) is 0 Å². The van der Waals surface area contributed by atoms with Crippen LogP contribution in [0.5, 0.6) is 17.2 Å². The third-order valence-corrected chi connectivity index (χ3v) is 3.97. The van der Waals surface area contributed by atoms with Crippen LogP contribution in [-0.4, -0.2) is 39.3 Å². The number of esters is 1. The van der Waals surface area contributed by atoms with Crippen molar-refractivity contribution in [3.8, 4) is 17.2 Å². The summed E-state index contributed by atoms with van der Waals surface area (Å²) in [5, 5.41) is 2.85. The highest BCUT2D eigenvalue weighted by molar-refractivity contribution is 6.32. The van der Waals surface area contributed by atoms with Gasteiger partial charge in [0.2, 0.25) is 0 Å². The van der Waals surface area contributed by atoms with Gasteiger partial charge < -0.3 is 24.3 Å². The largest absolute Gasteiger partial charge is 0.495 e. The van der Waals surface area contributed by atoms with E-state index in [1.165, 1.54) is 40.4 Å². The van der Waals surface area contributed by atoms with E-state index in [4.69, 9.17) is 30.5 Å². The van der Waals surface area contributed by atoms with Gasteiger partial charge in [0.05, 0.1) is 37.6 Å². The third kappa shape index (κ3) is 4.83. The lowest BCUT2D eigenvalue weighted by atomic mass is 10.2. The normalized spacial score (nSPS) is 11.3. The molecule has 0 fully saturated rings. The smallest absolute Gasteiger partial charge is 0.339 e. The zero-order valence-electron chi connectivity index (χ0n) is 15.4. The second kappa shape index (κ2) is 9.14. The molecule has 2 rings (SSSR count). The fourth-order valence-electron chi connectivity index (χ4n) is 2.30. The number of hydrogen-bond acceptors (Lipinski definition) is 6. The summed E-state index contributed by atoms with van der Waals surface area (Å²) in [5.74, 6) is -0.142. The van der Waals surface area contributed by atoms with E-state index in [0.29, 0.717) is 17.2 Å². The van der Waals surface area contributed by atoms with Crippen LogP contribution in [0.25, 0.3) is 0 Å². The van der Waals surface area contributed by atoms with Gasteiger partial charge in [-0.05, 0) is 31.2 Å². The maximum Gasteiger partial charge on any atom is 0.339 e. The van der Waals surface area contributed by atoms with Crippen molar-refractivity contribution in [1.29, 1.82) is 0 Å². The number of ether oxygens (including phenoxy) is 4. The number of methoxy groups -OCH3 is 3. The molecule has 0 saturated carbocycles. The maximum absolute atomic E-state index is 12.4. The standard InChI is InChI=1S/C19H20ClNO6/c1-11(18(22)21-14-7-5-6-8-15(14)24-2)27-19(23)12-9-13(20)17(26-4)16(10-12)25-3/h5-11H,1-4H3,(H,21,22). The fourth-order valence-corrected chi connectivity index (χ4v) is 2.59. The number of para-hydroxylation sites is 2. The molecule has 1 atom stereocenters. The Hall–Kier alpha value is -2.93. The van der Waals surface area contributed by atoms with E-state index < -0.39 is 18.0 Å². The zero-order chi connectivity index (χ0) is 20.0. The van der Waals surface area contributed by atoms with Crippen LogP contribution >= 0.6 is 11.6 Å². The molecular weight excluding hydrogens is 374 g/mol. The van der Waals surface area contributed by atoms with Crippen molar-refractivity contribution in [3.63, 3.8) is 0 Å². The molecule has 0 heterocycles. The van der Waals surface area contributed by atoms with Crippen molar-refractivity contribution in [2.45, 2.75) is 13.0 Å². The van der Waals surface area contributed by atoms with E-state index in [9.17, 15) is 9.59 Å². The number of amides is 1. The van der Waals surface area contributed by atoms with E-state index in [-0.39, 0.29) is 16.3 Å². The molecule has 0 aliphatic rings. The highest BCUT2D eigenvalue weighted by Gasteiger charge is 2.22. The lowest BCUT2D eigenvalue weighted by molar-refractivity contribution is -0.123. The minimum atomic E-state index is -1.05. The molecule has 0 bridgehead atoms. The number of rotatable bonds is 7. The van der Waals surface area contributed by atoms with Gasteiger partial charge in [-0.15, -0.1) is 0 Å². The molecule has 0 aromatic heterocycles. The van der Waals surface area contributed by atoms with Gasteiger partial charge in [0.1, 0.15) is 5.75 Å². The second-order valence-electron chi connectivity index (χ2n) is 5.43. The Morgan fingerprint density at radius 1 is 1.00 bits per heavy atom. The number of nitrogens with one attached hydrogen (secondary N) is 1. The van der Waals surface area contributed by atoms with Gasteiger partial charge in [0.15, 0.2) is 17.6 Å². The van der Waals surface area contributed by atoms with Crippen molar-refractivity contribution >= 4 is 29.2 Å². The molecule has 0 aliphatic heterocycles. The Morgan fingerprint density at radius 3 is 2.30 bits per heavy atom. The summed E-state index contributed by atoms with van der Waals surface area (Å²) < 4.78 is 20.7. The number of carbonyl (C=O) groups excluding carboxylic acids is 2. The summed E-state index contributed by atoms with van der Waals surface area (Å²) in [6.07, 6.45) is -1.05. The van der Waals surface area contributed by atoms with E-state index >= 15 is 0 Å². The maximum atomic E-state index is 12.4. The van der Waals surface area contributed by atoms with Crippen molar-refractivity contribution in [3.05, 3.63) is 47.0 Å². The topological polar surface area (TPSA) is 83.1 Å². The number of carbonyl (C=O) groups is 2. The molecule has 0 radical (unpaired) electrons. The summed E-state index contributed by atoms with van der Waals surface area (Å²) in [6, 6.07) is 9.73. The summed E-state index contributed by atoms with van der Waals surface area (Å²) in [4.78, 5) is 24.7. The molecule has 2 aromatic rings. The first-order chi connectivity index (χ1) is 12.9. The van der Waals surface area contributed by atoms with Gasteiger partial charge in [-0.3, -0.25) is 4.79 Å². The molecule has 0 saturated heterocycles. The first kappa shape index (κ1) is 20.4. The van der Waals surface area contributed by atoms with Crippen LogP contribution in [0.2, 0.25) is 5.02 Å². The fraction of sp³-hybridized carbons (Fsp3) is 0.263. The first-order valence-corrected chi connectivity index (χ1v) is 8.35. The lowest BCUT2D eigenvalue weighted by Crippen LogP contribution is -2.30. The van der Waals surface area contributed by atoms with Gasteiger partial charge in [-0.1, -0.05) is 23.7 Å². The Balaban J connectivity index is 2.11. The molecule has 0 aliphatic carbocycles. The van der Waals surface area contributed by atoms with E-state index in [0.717, 1.165) is 0 Å². The van der Waals surface area contributed by atoms with Crippen LogP contribution in [0.15, 0.2) is 36.4 Å². The highest BCUT2D eigenvalue weighted by Crippen LogP contribution is 2.36. The SMILES string of the molecule is COc1ccccc1NC(=O)C(C)OC(=O)c1cc(Cl)c(OC)c(OC)c1. The third-order valence-electron chi connectivity index (χ3n) is 3.69.